The van der Waals surface area contributed by atoms with Crippen molar-refractivity contribution >= 4 is 22.7 Å². The number of fused-ring (bicyclic) bond motifs is 1. The number of aromatic nitrogens is 3. The SMILES string of the molecule is COc1cc2nc(NCCN(C)C)nc(NCc3c(C)cc(C)[nH]c3=O)c2cc1OC. The molecule has 0 bridgehead atoms. The second-order valence-electron chi connectivity index (χ2n) is 7.65. The molecule has 0 fully saturated rings. The zero-order valence-electron chi connectivity index (χ0n) is 18.9. The predicted molar refractivity (Wildman–Crippen MR) is 124 cm³/mol. The first kappa shape index (κ1) is 22.4. The number of methoxy groups -OCH3 is 2. The quantitative estimate of drug-likeness (QED) is 0.480. The van der Waals surface area contributed by atoms with Gasteiger partial charge in [0.15, 0.2) is 11.5 Å². The van der Waals surface area contributed by atoms with Crippen molar-refractivity contribution in [1.29, 1.82) is 0 Å². The van der Waals surface area contributed by atoms with Gasteiger partial charge in [0.25, 0.3) is 5.56 Å². The molecule has 166 valence electrons. The minimum absolute atomic E-state index is 0.105. The molecule has 3 rings (SSSR count). The average molecular weight is 427 g/mol. The van der Waals surface area contributed by atoms with Gasteiger partial charge in [-0.2, -0.15) is 4.98 Å². The number of anilines is 2. The second kappa shape index (κ2) is 9.65. The summed E-state index contributed by atoms with van der Waals surface area (Å²) in [5.74, 6) is 2.28. The topological polar surface area (TPSA) is 104 Å². The van der Waals surface area contributed by atoms with E-state index in [1.807, 2.05) is 46.1 Å². The fraction of sp³-hybridized carbons (Fsp3) is 0.409. The van der Waals surface area contributed by atoms with Gasteiger partial charge in [0.05, 0.1) is 19.7 Å². The van der Waals surface area contributed by atoms with E-state index in [-0.39, 0.29) is 5.56 Å². The first-order valence-electron chi connectivity index (χ1n) is 10.1. The summed E-state index contributed by atoms with van der Waals surface area (Å²) in [6.07, 6.45) is 0. The van der Waals surface area contributed by atoms with Gasteiger partial charge in [-0.3, -0.25) is 4.79 Å². The van der Waals surface area contributed by atoms with Crippen LogP contribution in [0.1, 0.15) is 16.8 Å². The zero-order chi connectivity index (χ0) is 22.5. The third-order valence-corrected chi connectivity index (χ3v) is 4.97. The molecule has 0 radical (unpaired) electrons. The largest absolute Gasteiger partial charge is 0.493 e. The van der Waals surface area contributed by atoms with Gasteiger partial charge in [-0.1, -0.05) is 0 Å². The molecule has 9 nitrogen and oxygen atoms in total. The van der Waals surface area contributed by atoms with Crippen molar-refractivity contribution in [2.45, 2.75) is 20.4 Å². The molecule has 0 saturated carbocycles. The number of benzene rings is 1. The van der Waals surface area contributed by atoms with Crippen LogP contribution >= 0.6 is 0 Å². The van der Waals surface area contributed by atoms with E-state index in [9.17, 15) is 4.79 Å². The van der Waals surface area contributed by atoms with Crippen LogP contribution in [0, 0.1) is 13.8 Å². The monoisotopic (exact) mass is 426 g/mol. The summed E-state index contributed by atoms with van der Waals surface area (Å²) >= 11 is 0. The fourth-order valence-corrected chi connectivity index (χ4v) is 3.33. The Kier molecular flexibility index (Phi) is 6.96. The van der Waals surface area contributed by atoms with Crippen molar-refractivity contribution in [3.05, 3.63) is 45.4 Å². The van der Waals surface area contributed by atoms with Crippen LogP contribution in [-0.4, -0.2) is 61.3 Å². The minimum Gasteiger partial charge on any atom is -0.493 e. The van der Waals surface area contributed by atoms with E-state index in [1.54, 1.807) is 14.2 Å². The summed E-state index contributed by atoms with van der Waals surface area (Å²) in [5, 5.41) is 7.35. The number of aryl methyl sites for hydroxylation is 2. The molecule has 2 aromatic heterocycles. The van der Waals surface area contributed by atoms with Crippen LogP contribution < -0.4 is 25.7 Å². The van der Waals surface area contributed by atoms with E-state index in [4.69, 9.17) is 9.47 Å². The van der Waals surface area contributed by atoms with E-state index in [2.05, 4.69) is 30.5 Å². The normalized spacial score (nSPS) is 11.1. The molecule has 0 atom stereocenters. The van der Waals surface area contributed by atoms with Crippen LogP contribution in [0.4, 0.5) is 11.8 Å². The highest BCUT2D eigenvalue weighted by molar-refractivity contribution is 5.92. The van der Waals surface area contributed by atoms with Crippen LogP contribution in [0.25, 0.3) is 10.9 Å². The Morgan fingerprint density at radius 1 is 1.03 bits per heavy atom. The van der Waals surface area contributed by atoms with Gasteiger partial charge in [0, 0.05) is 42.3 Å². The summed E-state index contributed by atoms with van der Waals surface area (Å²) in [5.41, 5.74) is 3.03. The minimum atomic E-state index is -0.105. The van der Waals surface area contributed by atoms with Gasteiger partial charge >= 0.3 is 0 Å². The van der Waals surface area contributed by atoms with Crippen molar-refractivity contribution in [2.75, 3.05) is 52.0 Å². The number of hydrogen-bond donors (Lipinski definition) is 3. The lowest BCUT2D eigenvalue weighted by atomic mass is 10.1. The molecule has 0 aliphatic heterocycles. The molecule has 0 saturated heterocycles. The third-order valence-electron chi connectivity index (χ3n) is 4.97. The van der Waals surface area contributed by atoms with E-state index in [1.165, 1.54) is 0 Å². The highest BCUT2D eigenvalue weighted by atomic mass is 16.5. The van der Waals surface area contributed by atoms with Gasteiger partial charge in [-0.15, -0.1) is 0 Å². The molecule has 1 aromatic carbocycles. The molecular weight excluding hydrogens is 396 g/mol. The summed E-state index contributed by atoms with van der Waals surface area (Å²) in [6, 6.07) is 5.62. The summed E-state index contributed by atoms with van der Waals surface area (Å²) in [4.78, 5) is 26.6. The maximum Gasteiger partial charge on any atom is 0.253 e. The fourth-order valence-electron chi connectivity index (χ4n) is 3.33. The van der Waals surface area contributed by atoms with Crippen molar-refractivity contribution < 1.29 is 9.47 Å². The molecule has 0 aliphatic carbocycles. The number of nitrogens with zero attached hydrogens (tertiary/aromatic N) is 3. The van der Waals surface area contributed by atoms with Crippen LogP contribution in [-0.2, 0) is 6.54 Å². The molecule has 0 spiro atoms. The maximum atomic E-state index is 12.4. The van der Waals surface area contributed by atoms with Gasteiger partial charge in [0.2, 0.25) is 5.95 Å². The van der Waals surface area contributed by atoms with Gasteiger partial charge < -0.3 is 30.0 Å². The Balaban J connectivity index is 2.01. The van der Waals surface area contributed by atoms with E-state index < -0.39 is 0 Å². The Bertz CT molecular complexity index is 1130. The van der Waals surface area contributed by atoms with Crippen LogP contribution in [0.5, 0.6) is 11.5 Å². The molecule has 2 heterocycles. The smallest absolute Gasteiger partial charge is 0.253 e. The number of nitrogens with one attached hydrogen (secondary N) is 3. The van der Waals surface area contributed by atoms with Gasteiger partial charge in [-0.25, -0.2) is 4.98 Å². The molecule has 0 amide bonds. The van der Waals surface area contributed by atoms with Gasteiger partial charge in [-0.05, 0) is 45.6 Å². The van der Waals surface area contributed by atoms with Crippen LogP contribution in [0.2, 0.25) is 0 Å². The highest BCUT2D eigenvalue weighted by Crippen LogP contribution is 2.34. The Morgan fingerprint density at radius 2 is 1.74 bits per heavy atom. The molecular formula is C22H30N6O3. The number of hydrogen-bond acceptors (Lipinski definition) is 8. The van der Waals surface area contributed by atoms with E-state index in [0.29, 0.717) is 47.4 Å². The number of aromatic amines is 1. The summed E-state index contributed by atoms with van der Waals surface area (Å²) in [6.45, 7) is 5.67. The summed E-state index contributed by atoms with van der Waals surface area (Å²) in [7, 11) is 7.19. The maximum absolute atomic E-state index is 12.4. The second-order valence-corrected chi connectivity index (χ2v) is 7.65. The third kappa shape index (κ3) is 5.24. The first-order chi connectivity index (χ1) is 14.8. The van der Waals surface area contributed by atoms with Crippen molar-refractivity contribution in [2.24, 2.45) is 0 Å². The molecule has 31 heavy (non-hydrogen) atoms. The van der Waals surface area contributed by atoms with Crippen molar-refractivity contribution in [1.82, 2.24) is 19.9 Å². The summed E-state index contributed by atoms with van der Waals surface area (Å²) < 4.78 is 10.9. The average Bonchev–Trinajstić information content (AvgIpc) is 2.71. The zero-order valence-corrected chi connectivity index (χ0v) is 18.9. The van der Waals surface area contributed by atoms with Gasteiger partial charge in [0.1, 0.15) is 5.82 Å². The van der Waals surface area contributed by atoms with E-state index >= 15 is 0 Å². The Hall–Kier alpha value is -3.33. The standard InChI is InChI=1S/C22H30N6O3/c1-13-9-14(2)25-21(29)16(13)12-24-20-15-10-18(30-5)19(31-6)11-17(15)26-22(27-20)23-7-8-28(3)4/h9-11H,7-8,12H2,1-6H3,(H,25,29)(H2,23,24,26,27). The Labute approximate surface area is 181 Å². The van der Waals surface area contributed by atoms with Crippen molar-refractivity contribution in [3.63, 3.8) is 0 Å². The number of likely N-dealkylation sites (N-methyl/N-ethyl adjacent to an activating group) is 1. The molecule has 0 unspecified atom stereocenters. The Morgan fingerprint density at radius 3 is 2.39 bits per heavy atom. The highest BCUT2D eigenvalue weighted by Gasteiger charge is 2.14. The number of H-pyrrole nitrogens is 1. The molecule has 9 heteroatoms. The van der Waals surface area contributed by atoms with E-state index in [0.717, 1.165) is 23.2 Å². The van der Waals surface area contributed by atoms with Crippen molar-refractivity contribution in [3.8, 4) is 11.5 Å². The van der Waals surface area contributed by atoms with Crippen LogP contribution in [0.3, 0.4) is 0 Å². The van der Waals surface area contributed by atoms with Crippen LogP contribution in [0.15, 0.2) is 23.0 Å². The number of ether oxygens (including phenoxy) is 2. The predicted octanol–water partition coefficient (Wildman–Crippen LogP) is 2.54. The molecule has 3 N–H and O–H groups in total. The number of pyridine rings is 1. The molecule has 0 aliphatic rings. The molecule has 3 aromatic rings. The number of rotatable bonds is 9. The lowest BCUT2D eigenvalue weighted by molar-refractivity contribution is 0.356. The first-order valence-corrected chi connectivity index (χ1v) is 10.1. The lowest BCUT2D eigenvalue weighted by Gasteiger charge is -2.15. The lowest BCUT2D eigenvalue weighted by Crippen LogP contribution is -2.22.